The summed E-state index contributed by atoms with van der Waals surface area (Å²) in [5.41, 5.74) is 0. The van der Waals surface area contributed by atoms with Crippen molar-refractivity contribution in [1.29, 1.82) is 0 Å². The van der Waals surface area contributed by atoms with Crippen molar-refractivity contribution in [1.82, 2.24) is 10.2 Å². The Kier molecular flexibility index (Phi) is 4.65. The molecule has 1 unspecified atom stereocenters. The van der Waals surface area contributed by atoms with E-state index < -0.39 is 0 Å². The van der Waals surface area contributed by atoms with Crippen molar-refractivity contribution < 1.29 is 4.42 Å². The molecule has 80 valence electrons. The molecule has 4 heteroatoms. The molecule has 0 saturated heterocycles. The number of furan rings is 1. The molecule has 3 nitrogen and oxygen atoms in total. The van der Waals surface area contributed by atoms with Crippen LogP contribution in [0.3, 0.4) is 0 Å². The standard InChI is InChI=1S/C10H17BrN2O/c1-8(13(3)7-6-12-2)9-4-5-10(11)14-9/h4-5,8,12H,6-7H2,1-3H3. The van der Waals surface area contributed by atoms with Gasteiger partial charge in [-0.25, -0.2) is 0 Å². The van der Waals surface area contributed by atoms with E-state index >= 15 is 0 Å². The van der Waals surface area contributed by atoms with E-state index in [1.165, 1.54) is 0 Å². The van der Waals surface area contributed by atoms with Gasteiger partial charge >= 0.3 is 0 Å². The number of halogens is 1. The highest BCUT2D eigenvalue weighted by molar-refractivity contribution is 9.10. The molecule has 0 aliphatic heterocycles. The number of nitrogens with one attached hydrogen (secondary N) is 1. The Morgan fingerprint density at radius 2 is 2.29 bits per heavy atom. The molecule has 0 saturated carbocycles. The first kappa shape index (κ1) is 11.8. The quantitative estimate of drug-likeness (QED) is 0.881. The highest BCUT2D eigenvalue weighted by Crippen LogP contribution is 2.23. The van der Waals surface area contributed by atoms with Gasteiger partial charge in [0.2, 0.25) is 0 Å². The predicted octanol–water partition coefficient (Wildman–Crippen LogP) is 2.25. The van der Waals surface area contributed by atoms with E-state index in [1.807, 2.05) is 19.2 Å². The lowest BCUT2D eigenvalue weighted by Crippen LogP contribution is -2.29. The van der Waals surface area contributed by atoms with E-state index in [0.29, 0.717) is 6.04 Å². The molecule has 1 N–H and O–H groups in total. The summed E-state index contributed by atoms with van der Waals surface area (Å²) in [7, 11) is 4.06. The summed E-state index contributed by atoms with van der Waals surface area (Å²) in [6, 6.07) is 4.25. The van der Waals surface area contributed by atoms with Gasteiger partial charge in [0, 0.05) is 13.1 Å². The van der Waals surface area contributed by atoms with E-state index in [9.17, 15) is 0 Å². The van der Waals surface area contributed by atoms with E-state index in [0.717, 1.165) is 23.5 Å². The zero-order chi connectivity index (χ0) is 10.6. The fourth-order valence-corrected chi connectivity index (χ4v) is 1.57. The van der Waals surface area contributed by atoms with Gasteiger partial charge in [-0.15, -0.1) is 0 Å². The lowest BCUT2D eigenvalue weighted by atomic mass is 10.2. The van der Waals surface area contributed by atoms with Crippen molar-refractivity contribution in [3.05, 3.63) is 22.6 Å². The largest absolute Gasteiger partial charge is 0.453 e. The third kappa shape index (κ3) is 3.12. The third-order valence-corrected chi connectivity index (χ3v) is 2.81. The van der Waals surface area contributed by atoms with Crippen molar-refractivity contribution >= 4 is 15.9 Å². The predicted molar refractivity (Wildman–Crippen MR) is 61.4 cm³/mol. The highest BCUT2D eigenvalue weighted by atomic mass is 79.9. The van der Waals surface area contributed by atoms with Gasteiger partial charge in [-0.1, -0.05) is 0 Å². The summed E-state index contributed by atoms with van der Waals surface area (Å²) in [5.74, 6) is 0.996. The molecule has 0 bridgehead atoms. The minimum Gasteiger partial charge on any atom is -0.453 e. The Labute approximate surface area is 93.6 Å². The zero-order valence-corrected chi connectivity index (χ0v) is 10.5. The van der Waals surface area contributed by atoms with Crippen molar-refractivity contribution in [2.45, 2.75) is 13.0 Å². The second-order valence-corrected chi connectivity index (χ2v) is 4.18. The molecule has 0 fully saturated rings. The lowest BCUT2D eigenvalue weighted by molar-refractivity contribution is 0.231. The number of rotatable bonds is 5. The van der Waals surface area contributed by atoms with Crippen molar-refractivity contribution in [3.63, 3.8) is 0 Å². The summed E-state index contributed by atoms with van der Waals surface area (Å²) in [4.78, 5) is 2.25. The summed E-state index contributed by atoms with van der Waals surface area (Å²) >= 11 is 3.30. The Bertz CT molecular complexity index is 275. The molecule has 1 rings (SSSR count). The van der Waals surface area contributed by atoms with E-state index in [1.54, 1.807) is 0 Å². The topological polar surface area (TPSA) is 28.4 Å². The van der Waals surface area contributed by atoms with Gasteiger partial charge in [0.15, 0.2) is 4.67 Å². The Morgan fingerprint density at radius 3 is 2.79 bits per heavy atom. The van der Waals surface area contributed by atoms with E-state index in [-0.39, 0.29) is 0 Å². The highest BCUT2D eigenvalue weighted by Gasteiger charge is 2.14. The van der Waals surface area contributed by atoms with E-state index in [4.69, 9.17) is 4.42 Å². The maximum absolute atomic E-state index is 5.50. The van der Waals surface area contributed by atoms with Crippen LogP contribution in [-0.4, -0.2) is 32.1 Å². The lowest BCUT2D eigenvalue weighted by Gasteiger charge is -2.22. The molecule has 1 aromatic rings. The molecule has 0 aliphatic rings. The van der Waals surface area contributed by atoms with Crippen molar-refractivity contribution in [2.24, 2.45) is 0 Å². The van der Waals surface area contributed by atoms with Crippen LogP contribution in [-0.2, 0) is 0 Å². The molecule has 1 atom stereocenters. The molecule has 0 aliphatic carbocycles. The minimum atomic E-state index is 0.314. The SMILES string of the molecule is CNCCN(C)C(C)c1ccc(Br)o1. The van der Waals surface area contributed by atoms with E-state index in [2.05, 4.69) is 40.1 Å². The Morgan fingerprint density at radius 1 is 1.57 bits per heavy atom. The molecule has 1 heterocycles. The molecule has 0 amide bonds. The average Bonchev–Trinajstić information content (AvgIpc) is 2.60. The van der Waals surface area contributed by atoms with Crippen LogP contribution in [0.25, 0.3) is 0 Å². The summed E-state index contributed by atoms with van der Waals surface area (Å²) in [6.45, 7) is 4.14. The average molecular weight is 261 g/mol. The van der Waals surface area contributed by atoms with Crippen LogP contribution in [0.5, 0.6) is 0 Å². The van der Waals surface area contributed by atoms with Crippen LogP contribution in [0.1, 0.15) is 18.7 Å². The van der Waals surface area contributed by atoms with Gasteiger partial charge < -0.3 is 9.73 Å². The zero-order valence-electron chi connectivity index (χ0n) is 8.88. The first-order valence-corrected chi connectivity index (χ1v) is 5.54. The van der Waals surface area contributed by atoms with Gasteiger partial charge in [-0.2, -0.15) is 0 Å². The normalized spacial score (nSPS) is 13.5. The van der Waals surface area contributed by atoms with Gasteiger partial charge in [0.1, 0.15) is 5.76 Å². The molecule has 0 radical (unpaired) electrons. The number of likely N-dealkylation sites (N-methyl/N-ethyl adjacent to an activating group) is 2. The first-order valence-electron chi connectivity index (χ1n) is 4.75. The first-order chi connectivity index (χ1) is 6.65. The smallest absolute Gasteiger partial charge is 0.169 e. The van der Waals surface area contributed by atoms with Gasteiger partial charge in [-0.05, 0) is 49.1 Å². The minimum absolute atomic E-state index is 0.314. The van der Waals surface area contributed by atoms with Gasteiger partial charge in [0.25, 0.3) is 0 Å². The second kappa shape index (κ2) is 5.53. The molecular formula is C10H17BrN2O. The van der Waals surface area contributed by atoms with Gasteiger partial charge in [0.05, 0.1) is 6.04 Å². The number of nitrogens with zero attached hydrogens (tertiary/aromatic N) is 1. The Hall–Kier alpha value is -0.320. The van der Waals surface area contributed by atoms with Crippen LogP contribution in [0.4, 0.5) is 0 Å². The molecule has 14 heavy (non-hydrogen) atoms. The number of hydrogen-bond acceptors (Lipinski definition) is 3. The molecule has 1 aromatic heterocycles. The maximum atomic E-state index is 5.50. The molecule has 0 spiro atoms. The molecular weight excluding hydrogens is 244 g/mol. The van der Waals surface area contributed by atoms with Crippen LogP contribution in [0, 0.1) is 0 Å². The van der Waals surface area contributed by atoms with Crippen molar-refractivity contribution in [3.8, 4) is 0 Å². The van der Waals surface area contributed by atoms with Crippen molar-refractivity contribution in [2.75, 3.05) is 27.2 Å². The summed E-state index contributed by atoms with van der Waals surface area (Å²) in [6.07, 6.45) is 0. The Balaban J connectivity index is 2.51. The van der Waals surface area contributed by atoms with Crippen LogP contribution in [0.15, 0.2) is 21.2 Å². The van der Waals surface area contributed by atoms with Crippen LogP contribution < -0.4 is 5.32 Å². The number of hydrogen-bond donors (Lipinski definition) is 1. The second-order valence-electron chi connectivity index (χ2n) is 3.40. The van der Waals surface area contributed by atoms with Crippen LogP contribution in [0.2, 0.25) is 0 Å². The summed E-state index contributed by atoms with van der Waals surface area (Å²) in [5, 5.41) is 3.13. The monoisotopic (exact) mass is 260 g/mol. The fourth-order valence-electron chi connectivity index (χ4n) is 1.25. The third-order valence-electron chi connectivity index (χ3n) is 2.38. The fraction of sp³-hybridized carbons (Fsp3) is 0.600. The maximum Gasteiger partial charge on any atom is 0.169 e. The van der Waals surface area contributed by atoms with Gasteiger partial charge in [-0.3, -0.25) is 4.90 Å². The summed E-state index contributed by atoms with van der Waals surface area (Å²) < 4.78 is 6.29. The molecule has 0 aromatic carbocycles. The van der Waals surface area contributed by atoms with Crippen LogP contribution >= 0.6 is 15.9 Å².